The first-order chi connectivity index (χ1) is 5.82. The lowest BCUT2D eigenvalue weighted by molar-refractivity contribution is 0.0879. The Kier molecular flexibility index (Phi) is 2.61. The number of halogens is 3. The molecule has 1 rings (SSSR count). The molecule has 0 aliphatic carbocycles. The Morgan fingerprint density at radius 1 is 1.54 bits per heavy atom. The summed E-state index contributed by atoms with van der Waals surface area (Å²) in [7, 11) is 1.60. The van der Waals surface area contributed by atoms with Crippen molar-refractivity contribution in [2.24, 2.45) is 7.05 Å². The SMILES string of the molecule is CC(C)c1cn(C)nc1C(F)(F)Cl. The van der Waals surface area contributed by atoms with Crippen molar-refractivity contribution in [3.8, 4) is 0 Å². The second-order valence-corrected chi connectivity index (χ2v) is 3.73. The first kappa shape index (κ1) is 10.4. The van der Waals surface area contributed by atoms with Crippen LogP contribution in [0.15, 0.2) is 6.20 Å². The van der Waals surface area contributed by atoms with Crippen LogP contribution in [-0.4, -0.2) is 9.78 Å². The molecule has 0 bridgehead atoms. The molecule has 0 aromatic carbocycles. The fourth-order valence-electron chi connectivity index (χ4n) is 1.15. The molecule has 0 N–H and O–H groups in total. The monoisotopic (exact) mass is 208 g/mol. The average molecular weight is 209 g/mol. The maximum Gasteiger partial charge on any atom is 0.366 e. The summed E-state index contributed by atoms with van der Waals surface area (Å²) in [6, 6.07) is 0. The topological polar surface area (TPSA) is 17.8 Å². The summed E-state index contributed by atoms with van der Waals surface area (Å²) in [5, 5.41) is 0.264. The molecule has 2 nitrogen and oxygen atoms in total. The molecule has 0 unspecified atom stereocenters. The van der Waals surface area contributed by atoms with E-state index >= 15 is 0 Å². The Bertz CT molecular complexity index is 302. The van der Waals surface area contributed by atoms with Gasteiger partial charge in [0.05, 0.1) is 0 Å². The molecule has 0 saturated carbocycles. The predicted octanol–water partition coefficient (Wildman–Crippen LogP) is 2.83. The van der Waals surface area contributed by atoms with E-state index in [0.717, 1.165) is 0 Å². The van der Waals surface area contributed by atoms with Gasteiger partial charge in [0.1, 0.15) is 0 Å². The number of alkyl halides is 3. The van der Waals surface area contributed by atoms with Crippen molar-refractivity contribution in [3.05, 3.63) is 17.5 Å². The Balaban J connectivity index is 3.20. The van der Waals surface area contributed by atoms with E-state index in [4.69, 9.17) is 11.6 Å². The van der Waals surface area contributed by atoms with E-state index in [9.17, 15) is 8.78 Å². The summed E-state index contributed by atoms with van der Waals surface area (Å²) in [4.78, 5) is 0. The van der Waals surface area contributed by atoms with Gasteiger partial charge < -0.3 is 0 Å². The highest BCUT2D eigenvalue weighted by molar-refractivity contribution is 6.21. The van der Waals surface area contributed by atoms with E-state index in [1.165, 1.54) is 4.68 Å². The van der Waals surface area contributed by atoms with Crippen molar-refractivity contribution in [3.63, 3.8) is 0 Å². The van der Waals surface area contributed by atoms with Crippen molar-refractivity contribution >= 4 is 11.6 Å². The van der Waals surface area contributed by atoms with Gasteiger partial charge in [0, 0.05) is 18.8 Å². The molecule has 0 amide bonds. The van der Waals surface area contributed by atoms with Gasteiger partial charge in [0.25, 0.3) is 0 Å². The van der Waals surface area contributed by atoms with Crippen LogP contribution in [0.5, 0.6) is 0 Å². The summed E-state index contributed by atoms with van der Waals surface area (Å²) in [6.45, 7) is 3.65. The number of rotatable bonds is 2. The number of hydrogen-bond acceptors (Lipinski definition) is 1. The summed E-state index contributed by atoms with van der Waals surface area (Å²) in [5.41, 5.74) is 0.147. The van der Waals surface area contributed by atoms with E-state index < -0.39 is 5.38 Å². The van der Waals surface area contributed by atoms with Crippen LogP contribution in [0.4, 0.5) is 8.78 Å². The maximum atomic E-state index is 12.8. The highest BCUT2D eigenvalue weighted by Gasteiger charge is 2.34. The minimum Gasteiger partial charge on any atom is -0.275 e. The lowest BCUT2D eigenvalue weighted by Gasteiger charge is -2.08. The average Bonchev–Trinajstić information content (AvgIpc) is 2.29. The summed E-state index contributed by atoms with van der Waals surface area (Å²) >= 11 is 4.91. The Morgan fingerprint density at radius 3 is 2.38 bits per heavy atom. The van der Waals surface area contributed by atoms with Gasteiger partial charge in [-0.15, -0.1) is 0 Å². The van der Waals surface area contributed by atoms with Gasteiger partial charge >= 0.3 is 5.38 Å². The highest BCUT2D eigenvalue weighted by Crippen LogP contribution is 2.35. The number of nitrogens with zero attached hydrogens (tertiary/aromatic N) is 2. The maximum absolute atomic E-state index is 12.8. The van der Waals surface area contributed by atoms with Crippen molar-refractivity contribution in [1.29, 1.82) is 0 Å². The van der Waals surface area contributed by atoms with Gasteiger partial charge in [-0.2, -0.15) is 13.9 Å². The summed E-state index contributed by atoms with van der Waals surface area (Å²) in [6.07, 6.45) is 1.57. The molecule has 0 aliphatic rings. The van der Waals surface area contributed by atoms with Crippen molar-refractivity contribution in [2.75, 3.05) is 0 Å². The third-order valence-electron chi connectivity index (χ3n) is 1.75. The molecule has 1 heterocycles. The van der Waals surface area contributed by atoms with Crippen LogP contribution in [0.2, 0.25) is 0 Å². The smallest absolute Gasteiger partial charge is 0.275 e. The van der Waals surface area contributed by atoms with Gasteiger partial charge in [-0.1, -0.05) is 13.8 Å². The van der Waals surface area contributed by atoms with Crippen LogP contribution in [0.3, 0.4) is 0 Å². The lowest BCUT2D eigenvalue weighted by atomic mass is 10.0. The second kappa shape index (κ2) is 3.25. The van der Waals surface area contributed by atoms with Crippen LogP contribution in [0.25, 0.3) is 0 Å². The first-order valence-corrected chi connectivity index (χ1v) is 4.31. The first-order valence-electron chi connectivity index (χ1n) is 3.93. The second-order valence-electron chi connectivity index (χ2n) is 3.26. The Hall–Kier alpha value is -0.640. The zero-order valence-electron chi connectivity index (χ0n) is 7.68. The molecule has 0 spiro atoms. The molecular formula is C8H11ClF2N2. The minimum atomic E-state index is -3.37. The normalized spacial score (nSPS) is 12.5. The van der Waals surface area contributed by atoms with Gasteiger partial charge in [0.2, 0.25) is 0 Å². The molecule has 0 saturated heterocycles. The fourth-order valence-corrected chi connectivity index (χ4v) is 1.30. The Labute approximate surface area is 80.5 Å². The standard InChI is InChI=1S/C8H11ClF2N2/c1-5(2)6-4-13(3)12-7(6)8(9,10)11/h4-5H,1-3H3. The molecule has 13 heavy (non-hydrogen) atoms. The molecule has 0 radical (unpaired) electrons. The van der Waals surface area contributed by atoms with Gasteiger partial charge in [-0.3, -0.25) is 4.68 Å². The molecule has 74 valence electrons. The van der Waals surface area contributed by atoms with E-state index in [-0.39, 0.29) is 11.6 Å². The number of aromatic nitrogens is 2. The van der Waals surface area contributed by atoms with Gasteiger partial charge in [-0.05, 0) is 17.5 Å². The number of aryl methyl sites for hydroxylation is 1. The zero-order chi connectivity index (χ0) is 10.2. The summed E-state index contributed by atoms with van der Waals surface area (Å²) < 4.78 is 26.9. The lowest BCUT2D eigenvalue weighted by Crippen LogP contribution is -2.08. The molecular weight excluding hydrogens is 198 g/mol. The van der Waals surface area contributed by atoms with Crippen molar-refractivity contribution in [2.45, 2.75) is 25.1 Å². The Morgan fingerprint density at radius 2 is 2.08 bits per heavy atom. The molecule has 5 heteroatoms. The van der Waals surface area contributed by atoms with E-state index in [0.29, 0.717) is 5.56 Å². The van der Waals surface area contributed by atoms with Gasteiger partial charge in [-0.25, -0.2) is 0 Å². The fraction of sp³-hybridized carbons (Fsp3) is 0.625. The van der Waals surface area contributed by atoms with Crippen LogP contribution in [0, 0.1) is 0 Å². The quantitative estimate of drug-likeness (QED) is 0.684. The van der Waals surface area contributed by atoms with E-state index in [1.54, 1.807) is 13.2 Å². The van der Waals surface area contributed by atoms with E-state index in [1.807, 2.05) is 13.8 Å². The highest BCUT2D eigenvalue weighted by atomic mass is 35.5. The third-order valence-corrected chi connectivity index (χ3v) is 1.93. The molecule has 1 aromatic rings. The van der Waals surface area contributed by atoms with Crippen molar-refractivity contribution in [1.82, 2.24) is 9.78 Å². The van der Waals surface area contributed by atoms with E-state index in [2.05, 4.69) is 5.10 Å². The van der Waals surface area contributed by atoms with Crippen LogP contribution < -0.4 is 0 Å². The molecule has 1 aromatic heterocycles. The van der Waals surface area contributed by atoms with Crippen LogP contribution in [0.1, 0.15) is 31.0 Å². The predicted molar refractivity (Wildman–Crippen MR) is 47.0 cm³/mol. The number of hydrogen-bond donors (Lipinski definition) is 0. The molecule has 0 fully saturated rings. The molecule has 0 aliphatic heterocycles. The van der Waals surface area contributed by atoms with Crippen LogP contribution in [-0.2, 0) is 12.4 Å². The summed E-state index contributed by atoms with van der Waals surface area (Å²) in [5.74, 6) is -0.00618. The molecule has 0 atom stereocenters. The largest absolute Gasteiger partial charge is 0.366 e. The zero-order valence-corrected chi connectivity index (χ0v) is 8.44. The third kappa shape index (κ3) is 2.18. The van der Waals surface area contributed by atoms with Crippen molar-refractivity contribution < 1.29 is 8.78 Å². The van der Waals surface area contributed by atoms with Gasteiger partial charge in [0.15, 0.2) is 5.69 Å². The van der Waals surface area contributed by atoms with Crippen LogP contribution >= 0.6 is 11.6 Å². The minimum absolute atomic E-state index is 0.00618.